The van der Waals surface area contributed by atoms with E-state index in [0.717, 1.165) is 0 Å². The Morgan fingerprint density at radius 1 is 1.56 bits per heavy atom. The van der Waals surface area contributed by atoms with Crippen LogP contribution in [0.25, 0.3) is 0 Å². The van der Waals surface area contributed by atoms with Crippen molar-refractivity contribution in [1.82, 2.24) is 4.98 Å². The number of hydrogen-bond donors (Lipinski definition) is 3. The van der Waals surface area contributed by atoms with Crippen molar-refractivity contribution in [2.75, 3.05) is 0 Å². The van der Waals surface area contributed by atoms with Crippen LogP contribution in [-0.4, -0.2) is 32.4 Å². The number of rotatable bonds is 4. The number of aliphatic hydroxyl groups is 2. The van der Waals surface area contributed by atoms with E-state index in [-0.39, 0.29) is 10.7 Å². The molecule has 0 aliphatic heterocycles. The molecule has 2 atom stereocenters. The van der Waals surface area contributed by atoms with Crippen molar-refractivity contribution in [2.45, 2.75) is 18.6 Å². The molecule has 0 aliphatic rings. The van der Waals surface area contributed by atoms with Crippen LogP contribution >= 0.6 is 27.5 Å². The van der Waals surface area contributed by atoms with Crippen molar-refractivity contribution < 1.29 is 20.1 Å². The summed E-state index contributed by atoms with van der Waals surface area (Å²) in [5.74, 6) is -1.20. The van der Waals surface area contributed by atoms with E-state index >= 15 is 0 Å². The predicted molar refractivity (Wildman–Crippen MR) is 60.2 cm³/mol. The van der Waals surface area contributed by atoms with E-state index in [1.54, 1.807) is 0 Å². The Labute approximate surface area is 105 Å². The lowest BCUT2D eigenvalue weighted by Gasteiger charge is -2.17. The first kappa shape index (κ1) is 13.4. The van der Waals surface area contributed by atoms with Gasteiger partial charge in [-0.15, -0.1) is 0 Å². The fraction of sp³-hybridized carbons (Fsp3) is 0.333. The number of carbonyl (C=O) groups is 1. The highest BCUT2D eigenvalue weighted by Crippen LogP contribution is 2.27. The van der Waals surface area contributed by atoms with Crippen molar-refractivity contribution >= 4 is 33.5 Å². The van der Waals surface area contributed by atoms with Gasteiger partial charge in [0.1, 0.15) is 11.3 Å². The lowest BCUT2D eigenvalue weighted by molar-refractivity contribution is -0.141. The van der Waals surface area contributed by atoms with Crippen molar-refractivity contribution in [3.8, 4) is 0 Å². The first-order valence-corrected chi connectivity index (χ1v) is 5.47. The van der Waals surface area contributed by atoms with Gasteiger partial charge in [-0.2, -0.15) is 0 Å². The molecule has 0 fully saturated rings. The zero-order valence-electron chi connectivity index (χ0n) is 7.97. The summed E-state index contributed by atoms with van der Waals surface area (Å²) in [4.78, 5) is 14.1. The highest BCUT2D eigenvalue weighted by molar-refractivity contribution is 9.10. The molecule has 0 saturated carbocycles. The molecule has 2 unspecified atom stereocenters. The third kappa shape index (κ3) is 3.41. The SMILES string of the molecule is O=C(O)CC(O)C(O)c1cc(Br)cnc1Cl. The average molecular weight is 311 g/mol. The Morgan fingerprint density at radius 3 is 2.75 bits per heavy atom. The zero-order valence-corrected chi connectivity index (χ0v) is 10.3. The number of aromatic nitrogens is 1. The number of halogens is 2. The number of hydrogen-bond acceptors (Lipinski definition) is 4. The third-order valence-electron chi connectivity index (χ3n) is 1.90. The van der Waals surface area contributed by atoms with Gasteiger partial charge < -0.3 is 15.3 Å². The Kier molecular flexibility index (Phi) is 4.67. The summed E-state index contributed by atoms with van der Waals surface area (Å²) in [6, 6.07) is 1.48. The Bertz CT molecular complexity index is 401. The van der Waals surface area contributed by atoms with Crippen LogP contribution in [0.1, 0.15) is 18.1 Å². The van der Waals surface area contributed by atoms with Gasteiger partial charge in [0.2, 0.25) is 0 Å². The second-order valence-corrected chi connectivity index (χ2v) is 4.42. The maximum Gasteiger partial charge on any atom is 0.306 e. The summed E-state index contributed by atoms with van der Waals surface area (Å²) < 4.78 is 0.577. The number of carboxylic acid groups (broad SMARTS) is 1. The molecule has 0 aliphatic carbocycles. The zero-order chi connectivity index (χ0) is 12.3. The molecule has 1 aromatic rings. The van der Waals surface area contributed by atoms with Gasteiger partial charge in [-0.25, -0.2) is 4.98 Å². The summed E-state index contributed by atoms with van der Waals surface area (Å²) in [6.07, 6.45) is -1.94. The summed E-state index contributed by atoms with van der Waals surface area (Å²) in [5.41, 5.74) is 0.185. The molecule has 1 rings (SSSR count). The van der Waals surface area contributed by atoms with Crippen molar-refractivity contribution in [1.29, 1.82) is 0 Å². The van der Waals surface area contributed by atoms with Crippen LogP contribution in [0.2, 0.25) is 5.15 Å². The second kappa shape index (κ2) is 5.58. The average Bonchev–Trinajstić information content (AvgIpc) is 2.19. The monoisotopic (exact) mass is 309 g/mol. The highest BCUT2D eigenvalue weighted by Gasteiger charge is 2.23. The molecule has 1 heterocycles. The molecule has 3 N–H and O–H groups in total. The summed E-state index contributed by atoms with van der Waals surface area (Å²) in [5, 5.41) is 27.6. The first-order valence-electron chi connectivity index (χ1n) is 4.30. The van der Waals surface area contributed by atoms with Crippen LogP contribution in [0, 0.1) is 0 Å². The van der Waals surface area contributed by atoms with Crippen LogP contribution in [0.15, 0.2) is 16.7 Å². The highest BCUT2D eigenvalue weighted by atomic mass is 79.9. The van der Waals surface area contributed by atoms with Crippen molar-refractivity contribution in [3.63, 3.8) is 0 Å². The Balaban J connectivity index is 2.90. The molecule has 0 amide bonds. The predicted octanol–water partition coefficient (Wildman–Crippen LogP) is 1.37. The summed E-state index contributed by atoms with van der Waals surface area (Å²) >= 11 is 8.86. The van der Waals surface area contributed by atoms with E-state index < -0.39 is 24.6 Å². The maximum atomic E-state index is 10.4. The van der Waals surface area contributed by atoms with Gasteiger partial charge in [0.05, 0.1) is 12.5 Å². The minimum atomic E-state index is -1.42. The van der Waals surface area contributed by atoms with Gasteiger partial charge in [-0.05, 0) is 22.0 Å². The Hall–Kier alpha value is -0.690. The molecule has 16 heavy (non-hydrogen) atoms. The number of carboxylic acids is 1. The standard InChI is InChI=1S/C9H9BrClNO4/c10-4-1-5(9(11)12-3-4)8(16)6(13)2-7(14)15/h1,3,6,8,13,16H,2H2,(H,14,15). The van der Waals surface area contributed by atoms with Gasteiger partial charge in [-0.1, -0.05) is 11.6 Å². The van der Waals surface area contributed by atoms with Crippen LogP contribution in [-0.2, 0) is 4.79 Å². The lowest BCUT2D eigenvalue weighted by atomic mass is 10.0. The number of aliphatic hydroxyl groups excluding tert-OH is 2. The van der Waals surface area contributed by atoms with Crippen LogP contribution in [0.4, 0.5) is 0 Å². The molecule has 0 aromatic carbocycles. The molecular formula is C9H9BrClNO4. The van der Waals surface area contributed by atoms with E-state index in [4.69, 9.17) is 16.7 Å². The molecular weight excluding hydrogens is 301 g/mol. The lowest BCUT2D eigenvalue weighted by Crippen LogP contribution is -2.22. The molecule has 0 radical (unpaired) electrons. The molecule has 0 bridgehead atoms. The summed E-state index contributed by atoms with van der Waals surface area (Å²) in [6.45, 7) is 0. The van der Waals surface area contributed by atoms with Crippen molar-refractivity contribution in [3.05, 3.63) is 27.5 Å². The normalized spacial score (nSPS) is 14.5. The molecule has 88 valence electrons. The molecule has 7 heteroatoms. The van der Waals surface area contributed by atoms with Gasteiger partial charge in [0.15, 0.2) is 0 Å². The Morgan fingerprint density at radius 2 is 2.19 bits per heavy atom. The minimum Gasteiger partial charge on any atom is -0.481 e. The van der Waals surface area contributed by atoms with Crippen LogP contribution in [0.3, 0.4) is 0 Å². The molecule has 1 aromatic heterocycles. The van der Waals surface area contributed by atoms with Gasteiger partial charge in [-0.3, -0.25) is 4.79 Å². The smallest absolute Gasteiger partial charge is 0.306 e. The molecule has 0 spiro atoms. The van der Waals surface area contributed by atoms with Crippen LogP contribution < -0.4 is 0 Å². The van der Waals surface area contributed by atoms with E-state index in [9.17, 15) is 15.0 Å². The van der Waals surface area contributed by atoms with E-state index in [1.165, 1.54) is 12.3 Å². The largest absolute Gasteiger partial charge is 0.481 e. The number of pyridine rings is 1. The van der Waals surface area contributed by atoms with Crippen molar-refractivity contribution in [2.24, 2.45) is 0 Å². The van der Waals surface area contributed by atoms with Gasteiger partial charge in [0, 0.05) is 16.2 Å². The topological polar surface area (TPSA) is 90.7 Å². The summed E-state index contributed by atoms with van der Waals surface area (Å²) in [7, 11) is 0. The molecule has 5 nitrogen and oxygen atoms in total. The van der Waals surface area contributed by atoms with E-state index in [2.05, 4.69) is 20.9 Å². The van der Waals surface area contributed by atoms with Gasteiger partial charge in [0.25, 0.3) is 0 Å². The third-order valence-corrected chi connectivity index (χ3v) is 2.65. The minimum absolute atomic E-state index is 0.0279. The van der Waals surface area contributed by atoms with Crippen LogP contribution in [0.5, 0.6) is 0 Å². The van der Waals surface area contributed by atoms with Gasteiger partial charge >= 0.3 is 5.97 Å². The fourth-order valence-corrected chi connectivity index (χ4v) is 1.71. The molecule has 0 saturated heterocycles. The van der Waals surface area contributed by atoms with E-state index in [1.807, 2.05) is 0 Å². The quantitative estimate of drug-likeness (QED) is 0.731. The second-order valence-electron chi connectivity index (χ2n) is 3.14. The van der Waals surface area contributed by atoms with E-state index in [0.29, 0.717) is 4.47 Å². The fourth-order valence-electron chi connectivity index (χ4n) is 1.14. The number of aliphatic carboxylic acids is 1. The number of nitrogens with zero attached hydrogens (tertiary/aromatic N) is 1. The maximum absolute atomic E-state index is 10.4. The first-order chi connectivity index (χ1) is 7.41.